The minimum atomic E-state index is 0.0639. The molecule has 1 aliphatic rings. The van der Waals surface area contributed by atoms with Gasteiger partial charge in [-0.2, -0.15) is 0 Å². The maximum Gasteiger partial charge on any atom is 0.223 e. The highest BCUT2D eigenvalue weighted by Gasteiger charge is 2.20. The Morgan fingerprint density at radius 1 is 1.25 bits per heavy atom. The maximum absolute atomic E-state index is 11.7. The first-order chi connectivity index (χ1) is 7.84. The van der Waals surface area contributed by atoms with Crippen LogP contribution in [0.5, 0.6) is 0 Å². The van der Waals surface area contributed by atoms with Crippen LogP contribution in [0.4, 0.5) is 0 Å². The molecule has 4 heteroatoms. The van der Waals surface area contributed by atoms with Crippen molar-refractivity contribution in [3.05, 3.63) is 0 Å². The molecule has 0 spiro atoms. The molecule has 0 atom stereocenters. The van der Waals surface area contributed by atoms with Crippen LogP contribution in [0.2, 0.25) is 0 Å². The summed E-state index contributed by atoms with van der Waals surface area (Å²) >= 11 is 0. The summed E-state index contributed by atoms with van der Waals surface area (Å²) in [5.41, 5.74) is 0. The average molecular weight is 229 g/mol. The van der Waals surface area contributed by atoms with E-state index in [1.165, 1.54) is 19.3 Å². The molecule has 0 aromatic carbocycles. The second-order valence-electron chi connectivity index (χ2n) is 4.32. The van der Waals surface area contributed by atoms with Crippen molar-refractivity contribution in [3.63, 3.8) is 0 Å². The molecule has 0 radical (unpaired) electrons. The molecule has 0 aromatic rings. The lowest BCUT2D eigenvalue weighted by atomic mass is 9.89. The molecule has 16 heavy (non-hydrogen) atoms. The molecular weight excluding hydrogens is 206 g/mol. The number of amides is 1. The molecule has 1 fully saturated rings. The fourth-order valence-corrected chi connectivity index (χ4v) is 2.06. The van der Waals surface area contributed by atoms with Gasteiger partial charge in [0.2, 0.25) is 5.91 Å². The average Bonchev–Trinajstić information content (AvgIpc) is 2.34. The molecule has 0 aliphatic heterocycles. The Kier molecular flexibility index (Phi) is 7.17. The first kappa shape index (κ1) is 13.5. The highest BCUT2D eigenvalue weighted by Crippen LogP contribution is 2.23. The van der Waals surface area contributed by atoms with Crippen LogP contribution in [0, 0.1) is 5.92 Å². The van der Waals surface area contributed by atoms with Gasteiger partial charge in [-0.05, 0) is 19.3 Å². The number of aliphatic hydroxyl groups is 1. The van der Waals surface area contributed by atoms with Crippen molar-refractivity contribution < 1.29 is 14.6 Å². The highest BCUT2D eigenvalue weighted by molar-refractivity contribution is 5.78. The number of aliphatic hydroxyl groups excluding tert-OH is 1. The first-order valence-corrected chi connectivity index (χ1v) is 6.31. The van der Waals surface area contributed by atoms with E-state index < -0.39 is 0 Å². The Bertz CT molecular complexity index is 191. The van der Waals surface area contributed by atoms with Gasteiger partial charge in [0.1, 0.15) is 0 Å². The zero-order valence-electron chi connectivity index (χ0n) is 9.91. The van der Waals surface area contributed by atoms with Gasteiger partial charge in [-0.3, -0.25) is 4.79 Å². The Hall–Kier alpha value is -0.610. The van der Waals surface area contributed by atoms with Crippen molar-refractivity contribution in [2.45, 2.75) is 38.5 Å². The Morgan fingerprint density at radius 2 is 2.00 bits per heavy atom. The summed E-state index contributed by atoms with van der Waals surface area (Å²) in [4.78, 5) is 11.7. The summed E-state index contributed by atoms with van der Waals surface area (Å²) in [5, 5.41) is 11.4. The summed E-state index contributed by atoms with van der Waals surface area (Å²) in [6, 6.07) is 0. The van der Waals surface area contributed by atoms with E-state index in [1.54, 1.807) is 0 Å². The molecule has 1 amide bonds. The summed E-state index contributed by atoms with van der Waals surface area (Å²) in [5.74, 6) is 0.453. The van der Waals surface area contributed by atoms with Crippen molar-refractivity contribution >= 4 is 5.91 Å². The van der Waals surface area contributed by atoms with Crippen LogP contribution >= 0.6 is 0 Å². The minimum absolute atomic E-state index is 0.0639. The van der Waals surface area contributed by atoms with Crippen LogP contribution in [0.3, 0.4) is 0 Å². The van der Waals surface area contributed by atoms with E-state index in [-0.39, 0.29) is 18.4 Å². The van der Waals surface area contributed by atoms with Gasteiger partial charge in [-0.15, -0.1) is 0 Å². The predicted molar refractivity (Wildman–Crippen MR) is 62.1 cm³/mol. The van der Waals surface area contributed by atoms with E-state index in [9.17, 15) is 4.79 Å². The van der Waals surface area contributed by atoms with Crippen molar-refractivity contribution in [3.8, 4) is 0 Å². The molecule has 0 aromatic heterocycles. The van der Waals surface area contributed by atoms with Gasteiger partial charge in [-0.25, -0.2) is 0 Å². The molecule has 1 aliphatic carbocycles. The van der Waals surface area contributed by atoms with Crippen molar-refractivity contribution in [2.24, 2.45) is 5.92 Å². The largest absolute Gasteiger partial charge is 0.394 e. The van der Waals surface area contributed by atoms with E-state index in [2.05, 4.69) is 5.32 Å². The zero-order valence-corrected chi connectivity index (χ0v) is 9.91. The molecule has 0 bridgehead atoms. The van der Waals surface area contributed by atoms with Gasteiger partial charge in [0, 0.05) is 19.1 Å². The third kappa shape index (κ3) is 5.47. The number of ether oxygens (including phenoxy) is 1. The monoisotopic (exact) mass is 229 g/mol. The minimum Gasteiger partial charge on any atom is -0.394 e. The Morgan fingerprint density at radius 3 is 2.69 bits per heavy atom. The van der Waals surface area contributed by atoms with Crippen molar-refractivity contribution in [1.82, 2.24) is 5.32 Å². The zero-order chi connectivity index (χ0) is 11.6. The van der Waals surface area contributed by atoms with Gasteiger partial charge < -0.3 is 15.2 Å². The number of carbonyl (C=O) groups excluding carboxylic acids is 1. The number of rotatable bonds is 7. The molecule has 1 saturated carbocycles. The highest BCUT2D eigenvalue weighted by atomic mass is 16.5. The fraction of sp³-hybridized carbons (Fsp3) is 0.917. The quantitative estimate of drug-likeness (QED) is 0.642. The Balaban J connectivity index is 1.97. The smallest absolute Gasteiger partial charge is 0.223 e. The number of hydrogen-bond donors (Lipinski definition) is 2. The van der Waals surface area contributed by atoms with Gasteiger partial charge in [0.25, 0.3) is 0 Å². The molecule has 4 nitrogen and oxygen atoms in total. The van der Waals surface area contributed by atoms with Gasteiger partial charge in [0.15, 0.2) is 0 Å². The van der Waals surface area contributed by atoms with E-state index in [1.807, 2.05) is 0 Å². The molecule has 0 unspecified atom stereocenters. The number of nitrogens with one attached hydrogen (secondary N) is 1. The summed E-state index contributed by atoms with van der Waals surface area (Å²) in [6.45, 7) is 1.73. The van der Waals surface area contributed by atoms with Crippen molar-refractivity contribution in [1.29, 1.82) is 0 Å². The normalized spacial score (nSPS) is 17.3. The van der Waals surface area contributed by atoms with Gasteiger partial charge in [0.05, 0.1) is 13.2 Å². The maximum atomic E-state index is 11.7. The summed E-state index contributed by atoms with van der Waals surface area (Å²) in [6.07, 6.45) is 6.58. The fourth-order valence-electron chi connectivity index (χ4n) is 2.06. The lowest BCUT2D eigenvalue weighted by Crippen LogP contribution is -2.33. The molecule has 2 N–H and O–H groups in total. The topological polar surface area (TPSA) is 58.6 Å². The SMILES string of the molecule is O=C(NCCCOCCO)C1CCCCC1. The van der Waals surface area contributed by atoms with Crippen LogP contribution in [0.25, 0.3) is 0 Å². The van der Waals surface area contributed by atoms with Gasteiger partial charge >= 0.3 is 0 Å². The van der Waals surface area contributed by atoms with E-state index in [0.29, 0.717) is 19.8 Å². The molecule has 1 rings (SSSR count). The third-order valence-corrected chi connectivity index (χ3v) is 2.98. The van der Waals surface area contributed by atoms with Crippen LogP contribution in [-0.2, 0) is 9.53 Å². The first-order valence-electron chi connectivity index (χ1n) is 6.31. The number of carbonyl (C=O) groups is 1. The summed E-state index contributed by atoms with van der Waals surface area (Å²) in [7, 11) is 0. The van der Waals surface area contributed by atoms with Crippen LogP contribution in [-0.4, -0.2) is 37.4 Å². The predicted octanol–water partition coefficient (Wildman–Crippen LogP) is 1.08. The standard InChI is InChI=1S/C12H23NO3/c14-8-10-16-9-4-7-13-12(15)11-5-2-1-3-6-11/h11,14H,1-10H2,(H,13,15). The van der Waals surface area contributed by atoms with E-state index >= 15 is 0 Å². The molecule has 94 valence electrons. The second-order valence-corrected chi connectivity index (χ2v) is 4.32. The Labute approximate surface area is 97.4 Å². The van der Waals surface area contributed by atoms with E-state index in [4.69, 9.17) is 9.84 Å². The van der Waals surface area contributed by atoms with Crippen LogP contribution in [0.1, 0.15) is 38.5 Å². The lowest BCUT2D eigenvalue weighted by Gasteiger charge is -2.20. The van der Waals surface area contributed by atoms with Gasteiger partial charge in [-0.1, -0.05) is 19.3 Å². The molecule has 0 saturated heterocycles. The van der Waals surface area contributed by atoms with Crippen LogP contribution < -0.4 is 5.32 Å². The summed E-state index contributed by atoms with van der Waals surface area (Å²) < 4.78 is 5.11. The third-order valence-electron chi connectivity index (χ3n) is 2.98. The second kappa shape index (κ2) is 8.53. The van der Waals surface area contributed by atoms with Crippen LogP contribution in [0.15, 0.2) is 0 Å². The lowest BCUT2D eigenvalue weighted by molar-refractivity contribution is -0.125. The van der Waals surface area contributed by atoms with E-state index in [0.717, 1.165) is 19.3 Å². The molecular formula is C12H23NO3. The molecule has 0 heterocycles. The van der Waals surface area contributed by atoms with Crippen molar-refractivity contribution in [2.75, 3.05) is 26.4 Å². The number of hydrogen-bond acceptors (Lipinski definition) is 3.